The molecule has 0 bridgehead atoms. The van der Waals surface area contributed by atoms with Crippen molar-refractivity contribution < 1.29 is 0 Å². The maximum atomic E-state index is 6.33. The van der Waals surface area contributed by atoms with Crippen molar-refractivity contribution in [3.8, 4) is 16.8 Å². The largest absolute Gasteiger partial charge is 0.368 e. The van der Waals surface area contributed by atoms with Crippen molar-refractivity contribution in [2.24, 2.45) is 0 Å². The van der Waals surface area contributed by atoms with E-state index >= 15 is 0 Å². The second-order valence-corrected chi connectivity index (χ2v) is 8.90. The molecule has 0 N–H and O–H groups in total. The third kappa shape index (κ3) is 3.78. The molecule has 1 aliphatic rings. The first kappa shape index (κ1) is 20.8. The van der Waals surface area contributed by atoms with Crippen LogP contribution >= 0.6 is 11.6 Å². The average Bonchev–Trinajstić information content (AvgIpc) is 3.30. The zero-order chi connectivity index (χ0) is 22.9. The van der Waals surface area contributed by atoms with Crippen LogP contribution in [0, 0.1) is 0 Å². The van der Waals surface area contributed by atoms with Gasteiger partial charge in [0.25, 0.3) is 0 Å². The molecule has 0 aliphatic carbocycles. The number of para-hydroxylation sites is 1. The second-order valence-electron chi connectivity index (χ2n) is 8.46. The minimum atomic E-state index is 0.701. The van der Waals surface area contributed by atoms with Gasteiger partial charge in [-0.3, -0.25) is 0 Å². The lowest BCUT2D eigenvalue weighted by molar-refractivity contribution is 0.649. The van der Waals surface area contributed by atoms with Crippen molar-refractivity contribution >= 4 is 34.1 Å². The van der Waals surface area contributed by atoms with E-state index in [-0.39, 0.29) is 0 Å². The Morgan fingerprint density at radius 3 is 2.09 bits per heavy atom. The van der Waals surface area contributed by atoms with E-state index in [1.54, 1.807) is 6.33 Å². The molecular formula is C28H24ClN5. The van der Waals surface area contributed by atoms with Crippen LogP contribution in [0.4, 0.5) is 11.5 Å². The summed E-state index contributed by atoms with van der Waals surface area (Å²) in [6.45, 7) is 3.70. The predicted octanol–water partition coefficient (Wildman–Crippen LogP) is 6.07. The maximum absolute atomic E-state index is 6.33. The number of fused-ring (bicyclic) bond motifs is 1. The first-order valence-electron chi connectivity index (χ1n) is 11.5. The van der Waals surface area contributed by atoms with Gasteiger partial charge in [-0.1, -0.05) is 66.2 Å². The molecule has 0 amide bonds. The molecule has 0 atom stereocenters. The molecule has 3 heterocycles. The van der Waals surface area contributed by atoms with Crippen LogP contribution in [-0.4, -0.2) is 40.7 Å². The summed E-state index contributed by atoms with van der Waals surface area (Å²) in [6.07, 6.45) is 3.83. The van der Waals surface area contributed by atoms with E-state index in [9.17, 15) is 0 Å². The predicted molar refractivity (Wildman–Crippen MR) is 140 cm³/mol. The van der Waals surface area contributed by atoms with Crippen LogP contribution < -0.4 is 9.80 Å². The first-order chi connectivity index (χ1) is 16.8. The summed E-state index contributed by atoms with van der Waals surface area (Å²) in [4.78, 5) is 14.3. The minimum absolute atomic E-state index is 0.701. The lowest BCUT2D eigenvalue weighted by Crippen LogP contribution is -2.46. The van der Waals surface area contributed by atoms with Gasteiger partial charge in [0.2, 0.25) is 0 Å². The Bertz CT molecular complexity index is 1420. The van der Waals surface area contributed by atoms with Gasteiger partial charge in [0, 0.05) is 54.3 Å². The van der Waals surface area contributed by atoms with E-state index in [0.29, 0.717) is 5.02 Å². The molecule has 3 aromatic carbocycles. The van der Waals surface area contributed by atoms with Crippen molar-refractivity contribution in [2.45, 2.75) is 0 Å². The Morgan fingerprint density at radius 2 is 1.35 bits per heavy atom. The molecule has 2 aromatic heterocycles. The molecule has 0 spiro atoms. The summed E-state index contributed by atoms with van der Waals surface area (Å²) in [5, 5.41) is 1.77. The highest BCUT2D eigenvalue weighted by Gasteiger charge is 2.24. The number of anilines is 2. The number of halogens is 1. The third-order valence-electron chi connectivity index (χ3n) is 6.43. The van der Waals surface area contributed by atoms with Gasteiger partial charge >= 0.3 is 0 Å². The second kappa shape index (κ2) is 8.84. The molecule has 5 aromatic rings. The van der Waals surface area contributed by atoms with Crippen molar-refractivity contribution in [1.82, 2.24) is 14.5 Å². The minimum Gasteiger partial charge on any atom is -0.368 e. The topological polar surface area (TPSA) is 37.2 Å². The van der Waals surface area contributed by atoms with E-state index in [4.69, 9.17) is 21.6 Å². The van der Waals surface area contributed by atoms with Crippen molar-refractivity contribution in [2.75, 3.05) is 36.0 Å². The smallest absolute Gasteiger partial charge is 0.150 e. The van der Waals surface area contributed by atoms with Gasteiger partial charge in [-0.25, -0.2) is 9.97 Å². The number of hydrogen-bond acceptors (Lipinski definition) is 4. The Kier molecular flexibility index (Phi) is 5.40. The number of piperazine rings is 1. The molecule has 6 rings (SSSR count). The molecule has 1 aliphatic heterocycles. The van der Waals surface area contributed by atoms with E-state index in [2.05, 4.69) is 81.2 Å². The van der Waals surface area contributed by atoms with Crippen LogP contribution in [0.5, 0.6) is 0 Å². The Hall–Kier alpha value is -3.83. The average molecular weight is 466 g/mol. The molecule has 0 radical (unpaired) electrons. The summed E-state index contributed by atoms with van der Waals surface area (Å²) in [5.74, 6) is 0.984. The summed E-state index contributed by atoms with van der Waals surface area (Å²) in [7, 11) is 0. The van der Waals surface area contributed by atoms with Crippen LogP contribution in [0.25, 0.3) is 27.8 Å². The van der Waals surface area contributed by atoms with Crippen molar-refractivity contribution in [3.05, 3.63) is 102 Å². The first-order valence-corrected chi connectivity index (χ1v) is 11.9. The van der Waals surface area contributed by atoms with Gasteiger partial charge < -0.3 is 14.4 Å². The Labute approximate surface area is 203 Å². The molecule has 1 fully saturated rings. The molecule has 5 nitrogen and oxygen atoms in total. The molecular weight excluding hydrogens is 442 g/mol. The number of hydrogen-bond donors (Lipinski definition) is 0. The van der Waals surface area contributed by atoms with Gasteiger partial charge in [-0.15, -0.1) is 0 Å². The summed E-state index contributed by atoms with van der Waals surface area (Å²) < 4.78 is 2.12. The van der Waals surface area contributed by atoms with Gasteiger partial charge in [0.1, 0.15) is 12.1 Å². The normalized spacial score (nSPS) is 14.0. The lowest BCUT2D eigenvalue weighted by Gasteiger charge is -2.37. The third-order valence-corrected chi connectivity index (χ3v) is 6.67. The highest BCUT2D eigenvalue weighted by Crippen LogP contribution is 2.37. The summed E-state index contributed by atoms with van der Waals surface area (Å²) >= 11 is 6.33. The van der Waals surface area contributed by atoms with E-state index in [1.165, 1.54) is 5.69 Å². The van der Waals surface area contributed by atoms with Crippen molar-refractivity contribution in [1.29, 1.82) is 0 Å². The van der Waals surface area contributed by atoms with Gasteiger partial charge in [0.15, 0.2) is 5.65 Å². The summed E-state index contributed by atoms with van der Waals surface area (Å²) in [5.41, 5.74) is 5.41. The van der Waals surface area contributed by atoms with E-state index < -0.39 is 0 Å². The maximum Gasteiger partial charge on any atom is 0.150 e. The highest BCUT2D eigenvalue weighted by molar-refractivity contribution is 6.30. The van der Waals surface area contributed by atoms with Crippen LogP contribution in [-0.2, 0) is 0 Å². The molecule has 0 saturated carbocycles. The van der Waals surface area contributed by atoms with E-state index in [1.807, 2.05) is 24.3 Å². The highest BCUT2D eigenvalue weighted by atomic mass is 35.5. The molecule has 34 heavy (non-hydrogen) atoms. The molecule has 168 valence electrons. The molecule has 1 saturated heterocycles. The van der Waals surface area contributed by atoms with E-state index in [0.717, 1.165) is 59.8 Å². The van der Waals surface area contributed by atoms with Gasteiger partial charge in [0.05, 0.1) is 5.39 Å². The zero-order valence-corrected chi connectivity index (χ0v) is 19.4. The quantitative estimate of drug-likeness (QED) is 0.323. The standard InChI is InChI=1S/C28H24ClN5/c29-22-10-7-13-24(18-22)34-19-25(21-8-3-1-4-9-21)26-27(30-20-31-28(26)34)33-16-14-32(15-17-33)23-11-5-2-6-12-23/h1-13,18-20H,14-17H2. The van der Waals surface area contributed by atoms with Gasteiger partial charge in [-0.2, -0.15) is 0 Å². The molecule has 0 unspecified atom stereocenters. The van der Waals surface area contributed by atoms with Crippen LogP contribution in [0.1, 0.15) is 0 Å². The fourth-order valence-corrected chi connectivity index (χ4v) is 4.94. The fraction of sp³-hybridized carbons (Fsp3) is 0.143. The monoisotopic (exact) mass is 465 g/mol. The molecule has 6 heteroatoms. The SMILES string of the molecule is Clc1cccc(-n2cc(-c3ccccc3)c3c(N4CCN(c5ccccc5)CC4)ncnc32)c1. The van der Waals surface area contributed by atoms with Crippen LogP contribution in [0.15, 0.2) is 97.5 Å². The summed E-state index contributed by atoms with van der Waals surface area (Å²) in [6, 6.07) is 29.0. The number of benzene rings is 3. The van der Waals surface area contributed by atoms with Crippen LogP contribution in [0.3, 0.4) is 0 Å². The number of aromatic nitrogens is 3. The fourth-order valence-electron chi connectivity index (χ4n) is 4.76. The number of nitrogens with zero attached hydrogens (tertiary/aromatic N) is 5. The lowest BCUT2D eigenvalue weighted by atomic mass is 10.1. The number of rotatable bonds is 4. The zero-order valence-electron chi connectivity index (χ0n) is 18.7. The van der Waals surface area contributed by atoms with Crippen molar-refractivity contribution in [3.63, 3.8) is 0 Å². The van der Waals surface area contributed by atoms with Crippen LogP contribution in [0.2, 0.25) is 5.02 Å². The van der Waals surface area contributed by atoms with Gasteiger partial charge in [-0.05, 0) is 35.9 Å². The Balaban J connectivity index is 1.44. The Morgan fingerprint density at radius 1 is 0.676 bits per heavy atom.